The monoisotopic (exact) mass is 454 g/mol. The minimum absolute atomic E-state index is 0. The highest BCUT2D eigenvalue weighted by Gasteiger charge is 2.15. The summed E-state index contributed by atoms with van der Waals surface area (Å²) in [5.41, 5.74) is 0.956. The molecule has 8 nitrogen and oxygen atoms in total. The molecule has 1 aromatic carbocycles. The van der Waals surface area contributed by atoms with Crippen LogP contribution in [0, 0.1) is 6.92 Å². The fourth-order valence-corrected chi connectivity index (χ4v) is 3.85. The van der Waals surface area contributed by atoms with Gasteiger partial charge < -0.3 is 23.4 Å². The fourth-order valence-electron chi connectivity index (χ4n) is 3.85. The Morgan fingerprint density at radius 2 is 1.45 bits per heavy atom. The van der Waals surface area contributed by atoms with Crippen LogP contribution in [0.3, 0.4) is 0 Å². The lowest BCUT2D eigenvalue weighted by Gasteiger charge is -2.26. The number of nitrogens with zero attached hydrogens (tertiary/aromatic N) is 2. The molecule has 0 unspecified atom stereocenters. The molecule has 3 heterocycles. The molecule has 172 valence electrons. The van der Waals surface area contributed by atoms with E-state index in [0.29, 0.717) is 30.3 Å². The van der Waals surface area contributed by atoms with E-state index in [0.717, 1.165) is 76.6 Å². The van der Waals surface area contributed by atoms with E-state index in [-0.39, 0.29) is 18.0 Å². The third-order valence-electron chi connectivity index (χ3n) is 5.53. The van der Waals surface area contributed by atoms with E-state index in [2.05, 4.69) is 9.80 Å². The Labute approximate surface area is 188 Å². The molecule has 0 radical (unpaired) electrons. The molecule has 9 heteroatoms. The van der Waals surface area contributed by atoms with Gasteiger partial charge in [0.25, 0.3) is 0 Å². The van der Waals surface area contributed by atoms with E-state index in [1.165, 1.54) is 6.07 Å². The van der Waals surface area contributed by atoms with Crippen LogP contribution in [0.25, 0.3) is 11.0 Å². The number of aryl methyl sites for hydroxylation is 1. The van der Waals surface area contributed by atoms with Crippen molar-refractivity contribution in [1.29, 1.82) is 0 Å². The van der Waals surface area contributed by atoms with Crippen LogP contribution >= 0.6 is 12.4 Å². The largest absolute Gasteiger partial charge is 0.492 e. The molecule has 0 saturated carbocycles. The average Bonchev–Trinajstić information content (AvgIpc) is 2.74. The van der Waals surface area contributed by atoms with Gasteiger partial charge in [0.2, 0.25) is 0 Å². The second-order valence-electron chi connectivity index (χ2n) is 7.65. The first kappa shape index (κ1) is 23.8. The highest BCUT2D eigenvalue weighted by Crippen LogP contribution is 2.33. The van der Waals surface area contributed by atoms with Gasteiger partial charge in [0, 0.05) is 57.5 Å². The molecule has 0 spiro atoms. The van der Waals surface area contributed by atoms with Gasteiger partial charge >= 0.3 is 5.63 Å². The first-order valence-electron chi connectivity index (χ1n) is 10.6. The van der Waals surface area contributed by atoms with Gasteiger partial charge in [-0.3, -0.25) is 9.80 Å². The van der Waals surface area contributed by atoms with Crippen LogP contribution in [0.5, 0.6) is 11.5 Å². The molecule has 1 aromatic heterocycles. The molecular weight excluding hydrogens is 424 g/mol. The Hall–Kier alpha value is -1.84. The lowest BCUT2D eigenvalue weighted by molar-refractivity contribution is 0.0320. The van der Waals surface area contributed by atoms with Crippen molar-refractivity contribution in [2.75, 3.05) is 78.9 Å². The van der Waals surface area contributed by atoms with Crippen molar-refractivity contribution in [1.82, 2.24) is 9.80 Å². The van der Waals surface area contributed by atoms with Crippen LogP contribution in [0.2, 0.25) is 0 Å². The number of rotatable bonds is 8. The van der Waals surface area contributed by atoms with E-state index in [9.17, 15) is 4.79 Å². The maximum atomic E-state index is 11.9. The first-order chi connectivity index (χ1) is 14.7. The van der Waals surface area contributed by atoms with Crippen LogP contribution in [0.4, 0.5) is 0 Å². The van der Waals surface area contributed by atoms with Gasteiger partial charge in [-0.05, 0) is 12.5 Å². The maximum Gasteiger partial charge on any atom is 0.336 e. The summed E-state index contributed by atoms with van der Waals surface area (Å²) < 4.78 is 28.3. The molecule has 0 aliphatic carbocycles. The molecule has 2 aromatic rings. The van der Waals surface area contributed by atoms with Crippen molar-refractivity contribution in [3.63, 3.8) is 0 Å². The van der Waals surface area contributed by atoms with Gasteiger partial charge in [0.1, 0.15) is 30.3 Å². The summed E-state index contributed by atoms with van der Waals surface area (Å²) in [7, 11) is 0. The van der Waals surface area contributed by atoms with Crippen LogP contribution in [-0.2, 0) is 9.47 Å². The third-order valence-corrected chi connectivity index (χ3v) is 5.53. The predicted octanol–water partition coefficient (Wildman–Crippen LogP) is 1.95. The second-order valence-corrected chi connectivity index (χ2v) is 7.65. The Morgan fingerprint density at radius 3 is 2.06 bits per heavy atom. The highest BCUT2D eigenvalue weighted by atomic mass is 35.5. The van der Waals surface area contributed by atoms with Gasteiger partial charge in [0.05, 0.1) is 31.8 Å². The predicted molar refractivity (Wildman–Crippen MR) is 120 cm³/mol. The zero-order valence-electron chi connectivity index (χ0n) is 18.0. The minimum atomic E-state index is -0.371. The maximum absolute atomic E-state index is 11.9. The standard InChI is InChI=1S/C22H30N2O6.ClH/c1-17-14-21(25)30-20-16-18(28-12-6-23-2-8-26-9-3-23)15-19(22(17)20)29-13-7-24-4-10-27-11-5-24;/h14-16H,2-13H2,1H3;1H. The summed E-state index contributed by atoms with van der Waals surface area (Å²) in [5, 5.41) is 0.817. The molecule has 2 aliphatic rings. The van der Waals surface area contributed by atoms with Crippen molar-refractivity contribution < 1.29 is 23.4 Å². The number of hydrogen-bond acceptors (Lipinski definition) is 8. The fraction of sp³-hybridized carbons (Fsp3) is 0.591. The molecule has 2 saturated heterocycles. The van der Waals surface area contributed by atoms with Crippen molar-refractivity contribution in [3.8, 4) is 11.5 Å². The molecule has 2 aliphatic heterocycles. The summed E-state index contributed by atoms with van der Waals surface area (Å²) in [6.07, 6.45) is 0. The zero-order chi connectivity index (χ0) is 20.8. The van der Waals surface area contributed by atoms with E-state index < -0.39 is 0 Å². The number of hydrogen-bond donors (Lipinski definition) is 0. The van der Waals surface area contributed by atoms with Gasteiger partial charge in [0.15, 0.2) is 0 Å². The van der Waals surface area contributed by atoms with Crippen molar-refractivity contribution in [2.24, 2.45) is 0 Å². The topological polar surface area (TPSA) is 73.6 Å². The van der Waals surface area contributed by atoms with Crippen molar-refractivity contribution >= 4 is 23.4 Å². The third kappa shape index (κ3) is 6.57. The second kappa shape index (κ2) is 11.7. The lowest BCUT2D eigenvalue weighted by atomic mass is 10.1. The quantitative estimate of drug-likeness (QED) is 0.560. The molecule has 31 heavy (non-hydrogen) atoms. The summed E-state index contributed by atoms with van der Waals surface area (Å²) in [5.74, 6) is 1.33. The van der Waals surface area contributed by atoms with Crippen LogP contribution in [0.15, 0.2) is 27.4 Å². The smallest absolute Gasteiger partial charge is 0.336 e. The van der Waals surface area contributed by atoms with E-state index >= 15 is 0 Å². The van der Waals surface area contributed by atoms with Crippen LogP contribution < -0.4 is 15.1 Å². The van der Waals surface area contributed by atoms with E-state index in [4.69, 9.17) is 23.4 Å². The molecular formula is C22H31ClN2O6. The number of benzene rings is 1. The summed E-state index contributed by atoms with van der Waals surface area (Å²) in [6, 6.07) is 5.17. The summed E-state index contributed by atoms with van der Waals surface area (Å²) >= 11 is 0. The average molecular weight is 455 g/mol. The number of ether oxygens (including phenoxy) is 4. The molecule has 0 atom stereocenters. The Kier molecular flexibility index (Phi) is 8.98. The first-order valence-corrected chi connectivity index (χ1v) is 10.6. The lowest BCUT2D eigenvalue weighted by Crippen LogP contribution is -2.38. The summed E-state index contributed by atoms with van der Waals surface area (Å²) in [4.78, 5) is 16.5. The Bertz CT molecular complexity index is 893. The summed E-state index contributed by atoms with van der Waals surface area (Å²) in [6.45, 7) is 11.4. The molecule has 0 amide bonds. The Balaban J connectivity index is 0.00000272. The van der Waals surface area contributed by atoms with Gasteiger partial charge in [-0.15, -0.1) is 12.4 Å². The van der Waals surface area contributed by atoms with Gasteiger partial charge in [-0.2, -0.15) is 0 Å². The van der Waals surface area contributed by atoms with Crippen molar-refractivity contribution in [2.45, 2.75) is 6.92 Å². The van der Waals surface area contributed by atoms with Crippen LogP contribution in [-0.4, -0.2) is 88.7 Å². The molecule has 4 rings (SSSR count). The van der Waals surface area contributed by atoms with Gasteiger partial charge in [-0.1, -0.05) is 0 Å². The SMILES string of the molecule is Cc1cc(=O)oc2cc(OCCN3CCOCC3)cc(OCCN3CCOCC3)c12.Cl. The zero-order valence-corrected chi connectivity index (χ0v) is 18.8. The highest BCUT2D eigenvalue weighted by molar-refractivity contribution is 5.88. The molecule has 2 fully saturated rings. The molecule has 0 bridgehead atoms. The minimum Gasteiger partial charge on any atom is -0.492 e. The van der Waals surface area contributed by atoms with E-state index in [1.807, 2.05) is 13.0 Å². The van der Waals surface area contributed by atoms with E-state index in [1.54, 1.807) is 6.07 Å². The Morgan fingerprint density at radius 1 is 0.871 bits per heavy atom. The number of fused-ring (bicyclic) bond motifs is 1. The number of halogens is 1. The normalized spacial score (nSPS) is 18.0. The van der Waals surface area contributed by atoms with Gasteiger partial charge in [-0.25, -0.2) is 4.79 Å². The van der Waals surface area contributed by atoms with Crippen LogP contribution in [0.1, 0.15) is 5.56 Å². The molecule has 0 N–H and O–H groups in total. The van der Waals surface area contributed by atoms with Crippen molar-refractivity contribution in [3.05, 3.63) is 34.2 Å². The number of morpholine rings is 2.